The number of likely N-dealkylation sites (tertiary alicyclic amines) is 1. The summed E-state index contributed by atoms with van der Waals surface area (Å²) < 4.78 is 53.6. The molecule has 14 heteroatoms. The average molecular weight is 634 g/mol. The van der Waals surface area contributed by atoms with Crippen LogP contribution in [0.3, 0.4) is 0 Å². The zero-order chi connectivity index (χ0) is 31.4. The van der Waals surface area contributed by atoms with E-state index < -0.39 is 30.3 Å². The fourth-order valence-corrected chi connectivity index (χ4v) is 6.47. The summed E-state index contributed by atoms with van der Waals surface area (Å²) >= 11 is 1.54. The van der Waals surface area contributed by atoms with Crippen LogP contribution < -0.4 is 5.32 Å². The fraction of sp³-hybridized carbons (Fsp3) is 0.467. The van der Waals surface area contributed by atoms with Crippen LogP contribution in [0.5, 0.6) is 0 Å². The molecule has 0 radical (unpaired) electrons. The number of rotatable bonds is 9. The molecule has 44 heavy (non-hydrogen) atoms. The second-order valence-corrected chi connectivity index (χ2v) is 12.0. The predicted octanol–water partition coefficient (Wildman–Crippen LogP) is 4.06. The quantitative estimate of drug-likeness (QED) is 0.339. The van der Waals surface area contributed by atoms with Crippen LogP contribution in [0.2, 0.25) is 0 Å². The van der Waals surface area contributed by atoms with Crippen LogP contribution in [0, 0.1) is 5.92 Å². The van der Waals surface area contributed by atoms with Crippen molar-refractivity contribution in [2.45, 2.75) is 68.8 Å². The molecule has 10 nitrogen and oxygen atoms in total. The minimum absolute atomic E-state index is 0.0131. The smallest absolute Gasteiger partial charge is 0.392 e. The van der Waals surface area contributed by atoms with Crippen LogP contribution in [-0.4, -0.2) is 67.2 Å². The molecule has 0 spiro atoms. The predicted molar refractivity (Wildman–Crippen MR) is 154 cm³/mol. The van der Waals surface area contributed by atoms with E-state index in [4.69, 9.17) is 9.47 Å². The molecule has 2 N–H and O–H groups in total. The van der Waals surface area contributed by atoms with Gasteiger partial charge in [0.25, 0.3) is 0 Å². The molecule has 2 amide bonds. The van der Waals surface area contributed by atoms with Crippen LogP contribution in [0.1, 0.15) is 54.4 Å². The maximum Gasteiger partial charge on any atom is 0.471 e. The second-order valence-electron chi connectivity index (χ2n) is 11.0. The molecule has 2 fully saturated rings. The standard InChI is InChI=1S/C30H34F3N5O5S/c1-18-24(16-44-29-36-35-17-37(29)2)42-27(43-25(18)21-9-7-20(15-39)8-10-21)22-11-5-19(6-12-22)14-34-26(40)23-4-3-13-38(23)28(41)30(31,32)33/h5-12,17-18,23-25,27,39H,3-4,13-16H2,1-2H3,(H,34,40)/t18-,23+,24+,25+,27+/m1/s1. The first kappa shape index (κ1) is 31.9. The molecular weight excluding hydrogens is 599 g/mol. The van der Waals surface area contributed by atoms with E-state index in [1.807, 2.05) is 48.0 Å². The van der Waals surface area contributed by atoms with E-state index in [2.05, 4.69) is 22.4 Å². The van der Waals surface area contributed by atoms with Gasteiger partial charge in [0.1, 0.15) is 12.4 Å². The number of aliphatic hydroxyl groups is 1. The normalized spacial score (nSPS) is 24.0. The lowest BCUT2D eigenvalue weighted by Crippen LogP contribution is -2.50. The average Bonchev–Trinajstić information content (AvgIpc) is 3.68. The third kappa shape index (κ3) is 7.25. The van der Waals surface area contributed by atoms with E-state index in [0.717, 1.165) is 27.4 Å². The number of alkyl halides is 3. The molecule has 1 aromatic heterocycles. The van der Waals surface area contributed by atoms with Crippen molar-refractivity contribution in [1.82, 2.24) is 25.0 Å². The Morgan fingerprint density at radius 3 is 2.39 bits per heavy atom. The fourth-order valence-electron chi connectivity index (χ4n) is 5.41. The molecule has 0 bridgehead atoms. The van der Waals surface area contributed by atoms with Crippen molar-refractivity contribution in [2.75, 3.05) is 12.3 Å². The third-order valence-corrected chi connectivity index (χ3v) is 9.07. The van der Waals surface area contributed by atoms with Crippen molar-refractivity contribution in [3.8, 4) is 0 Å². The Hall–Kier alpha value is -3.46. The molecule has 2 aliphatic rings. The van der Waals surface area contributed by atoms with Gasteiger partial charge in [-0.25, -0.2) is 0 Å². The second kappa shape index (κ2) is 13.7. The van der Waals surface area contributed by atoms with Gasteiger partial charge >= 0.3 is 12.1 Å². The van der Waals surface area contributed by atoms with Crippen LogP contribution in [0.4, 0.5) is 13.2 Å². The van der Waals surface area contributed by atoms with Crippen LogP contribution in [0.15, 0.2) is 60.0 Å². The van der Waals surface area contributed by atoms with E-state index >= 15 is 0 Å². The third-order valence-electron chi connectivity index (χ3n) is 7.95. The summed E-state index contributed by atoms with van der Waals surface area (Å²) in [7, 11) is 1.88. The first-order chi connectivity index (χ1) is 21.0. The minimum Gasteiger partial charge on any atom is -0.392 e. The van der Waals surface area contributed by atoms with Crippen LogP contribution >= 0.6 is 11.8 Å². The van der Waals surface area contributed by atoms with Gasteiger partial charge in [0, 0.05) is 37.4 Å². The number of nitrogens with zero attached hydrogens (tertiary/aromatic N) is 4. The van der Waals surface area contributed by atoms with E-state index in [9.17, 15) is 27.9 Å². The Kier molecular flexibility index (Phi) is 9.93. The Balaban J connectivity index is 1.26. The molecule has 2 aliphatic heterocycles. The van der Waals surface area contributed by atoms with Crippen molar-refractivity contribution in [2.24, 2.45) is 13.0 Å². The largest absolute Gasteiger partial charge is 0.471 e. The van der Waals surface area contributed by atoms with Gasteiger partial charge in [0.05, 0.1) is 18.8 Å². The number of amides is 2. The van der Waals surface area contributed by atoms with Gasteiger partial charge in [-0.15, -0.1) is 10.2 Å². The number of carbonyl (C=O) groups excluding carboxylic acids is 2. The number of halogens is 3. The van der Waals surface area contributed by atoms with Crippen molar-refractivity contribution >= 4 is 23.6 Å². The monoisotopic (exact) mass is 633 g/mol. The van der Waals surface area contributed by atoms with Crippen molar-refractivity contribution in [1.29, 1.82) is 0 Å². The van der Waals surface area contributed by atoms with Gasteiger partial charge in [0.2, 0.25) is 5.91 Å². The van der Waals surface area contributed by atoms with Gasteiger partial charge in [-0.05, 0) is 29.5 Å². The lowest BCUT2D eigenvalue weighted by atomic mass is 9.91. The number of aryl methyl sites for hydroxylation is 1. The van der Waals surface area contributed by atoms with Gasteiger partial charge < -0.3 is 29.4 Å². The number of ether oxygens (including phenoxy) is 2. The maximum atomic E-state index is 12.9. The van der Waals surface area contributed by atoms with Crippen LogP contribution in [0.25, 0.3) is 0 Å². The number of thioether (sulfide) groups is 1. The Morgan fingerprint density at radius 1 is 1.07 bits per heavy atom. The van der Waals surface area contributed by atoms with Crippen molar-refractivity contribution < 1.29 is 37.3 Å². The topological polar surface area (TPSA) is 119 Å². The lowest BCUT2D eigenvalue weighted by molar-refractivity contribution is -0.268. The molecular formula is C30H34F3N5O5S. The summed E-state index contributed by atoms with van der Waals surface area (Å²) in [6, 6.07) is 13.7. The highest BCUT2D eigenvalue weighted by Gasteiger charge is 2.47. The van der Waals surface area contributed by atoms with E-state index in [1.54, 1.807) is 18.5 Å². The highest BCUT2D eigenvalue weighted by atomic mass is 32.2. The van der Waals surface area contributed by atoms with Crippen molar-refractivity contribution in [3.63, 3.8) is 0 Å². The minimum atomic E-state index is -5.02. The molecule has 3 aromatic rings. The van der Waals surface area contributed by atoms with Gasteiger partial charge in [-0.1, -0.05) is 67.2 Å². The van der Waals surface area contributed by atoms with E-state index in [0.29, 0.717) is 17.1 Å². The molecule has 5 rings (SSSR count). The number of hydrogen-bond donors (Lipinski definition) is 2. The zero-order valence-corrected chi connectivity index (χ0v) is 25.1. The molecule has 2 aromatic carbocycles. The maximum absolute atomic E-state index is 12.9. The molecule has 3 heterocycles. The first-order valence-electron chi connectivity index (χ1n) is 14.3. The summed E-state index contributed by atoms with van der Waals surface area (Å²) in [5, 5.41) is 21.0. The summed E-state index contributed by atoms with van der Waals surface area (Å²) in [6.07, 6.45) is -4.05. The molecule has 0 aliphatic carbocycles. The molecule has 2 saturated heterocycles. The van der Waals surface area contributed by atoms with Crippen molar-refractivity contribution in [3.05, 3.63) is 77.1 Å². The SMILES string of the molecule is C[C@@H]1[C@H](CSc2nncn2C)O[C@H](c2ccc(CNC(=O)[C@@H]3CCCN3C(=O)C(F)(F)F)cc2)O[C@@H]1c1ccc(CO)cc1. The molecule has 0 unspecified atom stereocenters. The van der Waals surface area contributed by atoms with Gasteiger partial charge in [-0.3, -0.25) is 9.59 Å². The number of aliphatic hydroxyl groups excluding tert-OH is 1. The first-order valence-corrected chi connectivity index (χ1v) is 15.3. The summed E-state index contributed by atoms with van der Waals surface area (Å²) in [5.41, 5.74) is 3.24. The zero-order valence-electron chi connectivity index (χ0n) is 24.2. The number of aromatic nitrogens is 3. The lowest BCUT2D eigenvalue weighted by Gasteiger charge is -2.41. The van der Waals surface area contributed by atoms with E-state index in [1.165, 1.54) is 11.8 Å². The molecule has 5 atom stereocenters. The Morgan fingerprint density at radius 2 is 1.75 bits per heavy atom. The number of carbonyl (C=O) groups is 2. The molecule has 236 valence electrons. The summed E-state index contributed by atoms with van der Waals surface area (Å²) in [4.78, 5) is 25.0. The number of nitrogens with one attached hydrogen (secondary N) is 1. The molecule has 0 saturated carbocycles. The highest BCUT2D eigenvalue weighted by Crippen LogP contribution is 2.43. The Bertz CT molecular complexity index is 1440. The summed E-state index contributed by atoms with van der Waals surface area (Å²) in [6.45, 7) is 2.00. The van der Waals surface area contributed by atoms with Gasteiger partial charge in [-0.2, -0.15) is 13.2 Å². The highest BCUT2D eigenvalue weighted by molar-refractivity contribution is 7.99. The Labute approximate surface area is 256 Å². The number of benzene rings is 2. The van der Waals surface area contributed by atoms with E-state index in [-0.39, 0.29) is 44.2 Å². The number of hydrogen-bond acceptors (Lipinski definition) is 8. The van der Waals surface area contributed by atoms with Crippen LogP contribution in [-0.2, 0) is 39.3 Å². The van der Waals surface area contributed by atoms with Gasteiger partial charge in [0.15, 0.2) is 11.4 Å². The summed E-state index contributed by atoms with van der Waals surface area (Å²) in [5.74, 6) is -2.01.